The lowest BCUT2D eigenvalue weighted by molar-refractivity contribution is 0.294. The molecule has 1 aromatic rings. The molecule has 86 valence electrons. The van der Waals surface area contributed by atoms with Gasteiger partial charge in [0.2, 0.25) is 0 Å². The molecule has 0 bridgehead atoms. The topological polar surface area (TPSA) is 33.4 Å². The van der Waals surface area contributed by atoms with Gasteiger partial charge in [-0.05, 0) is 26.6 Å². The van der Waals surface area contributed by atoms with E-state index in [9.17, 15) is 0 Å². The fraction of sp³-hybridized carbons (Fsp3) is 0.636. The van der Waals surface area contributed by atoms with E-state index in [4.69, 9.17) is 4.98 Å². The average Bonchev–Trinajstić information content (AvgIpc) is 2.74. The quantitative estimate of drug-likeness (QED) is 0.683. The predicted octanol–water partition coefficient (Wildman–Crippen LogP) is 0.0667. The summed E-state index contributed by atoms with van der Waals surface area (Å²) in [6.45, 7) is 1.87. The van der Waals surface area contributed by atoms with Crippen molar-refractivity contribution in [3.63, 3.8) is 0 Å². The molecule has 3 heterocycles. The van der Waals surface area contributed by atoms with E-state index in [1.165, 1.54) is 5.82 Å². The molecular formula is C11H15BrN4. The van der Waals surface area contributed by atoms with Crippen molar-refractivity contribution in [2.75, 3.05) is 20.6 Å². The largest absolute Gasteiger partial charge is 0.312 e. The van der Waals surface area contributed by atoms with E-state index in [1.54, 1.807) is 0 Å². The molecule has 4 nitrogen and oxygen atoms in total. The van der Waals surface area contributed by atoms with Crippen molar-refractivity contribution in [2.45, 2.75) is 23.8 Å². The van der Waals surface area contributed by atoms with Gasteiger partial charge in [0, 0.05) is 6.54 Å². The van der Waals surface area contributed by atoms with Gasteiger partial charge in [-0.3, -0.25) is 9.89 Å². The van der Waals surface area contributed by atoms with Gasteiger partial charge in [0.25, 0.3) is 0 Å². The van der Waals surface area contributed by atoms with Crippen LogP contribution < -0.4 is 10.8 Å². The zero-order valence-electron chi connectivity index (χ0n) is 9.52. The molecule has 16 heavy (non-hydrogen) atoms. The molecule has 0 N–H and O–H groups in total. The first kappa shape index (κ1) is 10.5. The maximum atomic E-state index is 4.73. The molecule has 0 fully saturated rings. The van der Waals surface area contributed by atoms with Gasteiger partial charge in [0.15, 0.2) is 5.49 Å². The minimum Gasteiger partial charge on any atom is -0.312 e. The van der Waals surface area contributed by atoms with Crippen LogP contribution in [0.15, 0.2) is 4.99 Å². The Hall–Kier alpha value is -0.680. The summed E-state index contributed by atoms with van der Waals surface area (Å²) in [6, 6.07) is 0.447. The van der Waals surface area contributed by atoms with Gasteiger partial charge < -0.3 is 4.57 Å². The lowest BCUT2D eigenvalue weighted by Gasteiger charge is -2.16. The zero-order valence-corrected chi connectivity index (χ0v) is 11.1. The number of aromatic nitrogens is 2. The zero-order chi connectivity index (χ0) is 11.3. The molecule has 2 atom stereocenters. The number of alkyl halides is 1. The molecule has 2 aliphatic heterocycles. The number of rotatable bonds is 1. The number of imidazole rings is 1. The van der Waals surface area contributed by atoms with E-state index >= 15 is 0 Å². The summed E-state index contributed by atoms with van der Waals surface area (Å²) in [5.41, 5.74) is 1.08. The molecule has 3 rings (SSSR count). The number of fused-ring (bicyclic) bond motifs is 3. The first-order valence-corrected chi connectivity index (χ1v) is 6.51. The minimum absolute atomic E-state index is 0.341. The lowest BCUT2D eigenvalue weighted by atomic mass is 10.2. The van der Waals surface area contributed by atoms with Crippen molar-refractivity contribution >= 4 is 22.0 Å². The van der Waals surface area contributed by atoms with Crippen molar-refractivity contribution in [2.24, 2.45) is 4.99 Å². The van der Waals surface area contributed by atoms with Crippen LogP contribution in [0.5, 0.6) is 0 Å². The Morgan fingerprint density at radius 1 is 1.50 bits per heavy atom. The maximum absolute atomic E-state index is 4.73. The van der Waals surface area contributed by atoms with Crippen LogP contribution in [0.25, 0.3) is 6.08 Å². The second kappa shape index (κ2) is 3.67. The summed E-state index contributed by atoms with van der Waals surface area (Å²) >= 11 is 3.57. The maximum Gasteiger partial charge on any atom is 0.155 e. The van der Waals surface area contributed by atoms with Crippen LogP contribution in [-0.4, -0.2) is 39.9 Å². The summed E-state index contributed by atoms with van der Waals surface area (Å²) in [5, 5.41) is 1.05. The number of hydrogen-bond donors (Lipinski definition) is 0. The summed E-state index contributed by atoms with van der Waals surface area (Å²) in [6.07, 6.45) is 3.32. The summed E-state index contributed by atoms with van der Waals surface area (Å²) in [5.74, 6) is 1.18. The Morgan fingerprint density at radius 3 is 3.06 bits per heavy atom. The van der Waals surface area contributed by atoms with E-state index in [1.807, 2.05) is 0 Å². The van der Waals surface area contributed by atoms with Gasteiger partial charge in [-0.1, -0.05) is 15.9 Å². The highest BCUT2D eigenvalue weighted by atomic mass is 79.9. The standard InChI is InChI=1S/C11H15BrN4/c1-15(2)9-3-4-16-10-8(14-11(9)16)5-7(12)6-13-10/h5,7,9H,3-4,6H2,1-2H3. The highest BCUT2D eigenvalue weighted by molar-refractivity contribution is 9.09. The molecule has 0 amide bonds. The van der Waals surface area contributed by atoms with Crippen molar-refractivity contribution < 1.29 is 0 Å². The van der Waals surface area contributed by atoms with Crippen molar-refractivity contribution in [1.29, 1.82) is 0 Å². The minimum atomic E-state index is 0.341. The third-order valence-corrected chi connectivity index (χ3v) is 3.85. The van der Waals surface area contributed by atoms with E-state index in [-0.39, 0.29) is 0 Å². The van der Waals surface area contributed by atoms with Gasteiger partial charge in [0.1, 0.15) is 11.2 Å². The molecular weight excluding hydrogens is 268 g/mol. The molecule has 0 aliphatic carbocycles. The Balaban J connectivity index is 2.18. The predicted molar refractivity (Wildman–Crippen MR) is 66.1 cm³/mol. The molecule has 0 spiro atoms. The van der Waals surface area contributed by atoms with E-state index in [0.29, 0.717) is 10.9 Å². The molecule has 5 heteroatoms. The molecule has 2 unspecified atom stereocenters. The molecule has 0 radical (unpaired) electrons. The fourth-order valence-corrected chi connectivity index (χ4v) is 2.90. The number of nitrogens with zero attached hydrogens (tertiary/aromatic N) is 4. The van der Waals surface area contributed by atoms with Gasteiger partial charge in [-0.15, -0.1) is 0 Å². The van der Waals surface area contributed by atoms with Gasteiger partial charge >= 0.3 is 0 Å². The Morgan fingerprint density at radius 2 is 2.31 bits per heavy atom. The summed E-state index contributed by atoms with van der Waals surface area (Å²) in [7, 11) is 4.23. The van der Waals surface area contributed by atoms with Gasteiger partial charge in [-0.2, -0.15) is 0 Å². The van der Waals surface area contributed by atoms with Crippen LogP contribution in [0, 0.1) is 0 Å². The first-order chi connectivity index (χ1) is 7.66. The Labute approximate surface area is 103 Å². The van der Waals surface area contributed by atoms with E-state index in [0.717, 1.165) is 30.3 Å². The second-order valence-electron chi connectivity index (χ2n) is 4.62. The lowest BCUT2D eigenvalue weighted by Crippen LogP contribution is -2.35. The van der Waals surface area contributed by atoms with Crippen LogP contribution in [0.4, 0.5) is 0 Å². The average molecular weight is 283 g/mol. The monoisotopic (exact) mass is 282 g/mol. The highest BCUT2D eigenvalue weighted by Gasteiger charge is 2.28. The van der Waals surface area contributed by atoms with Crippen molar-refractivity contribution in [1.82, 2.24) is 14.5 Å². The highest BCUT2D eigenvalue weighted by Crippen LogP contribution is 2.25. The van der Waals surface area contributed by atoms with Crippen LogP contribution in [-0.2, 0) is 6.54 Å². The Bertz CT molecular complexity index is 531. The van der Waals surface area contributed by atoms with Crippen molar-refractivity contribution in [3.8, 4) is 0 Å². The summed E-state index contributed by atoms with van der Waals surface area (Å²) < 4.78 is 2.27. The number of hydrogen-bond acceptors (Lipinski definition) is 3. The van der Waals surface area contributed by atoms with Crippen LogP contribution in [0.3, 0.4) is 0 Å². The smallest absolute Gasteiger partial charge is 0.155 e. The fourth-order valence-electron chi connectivity index (χ4n) is 2.50. The van der Waals surface area contributed by atoms with Crippen LogP contribution >= 0.6 is 15.9 Å². The second-order valence-corrected chi connectivity index (χ2v) is 5.80. The third kappa shape index (κ3) is 1.45. The third-order valence-electron chi connectivity index (χ3n) is 3.30. The molecule has 0 saturated heterocycles. The molecule has 2 aliphatic rings. The summed E-state index contributed by atoms with van der Waals surface area (Å²) in [4.78, 5) is 11.9. The van der Waals surface area contributed by atoms with Gasteiger partial charge in [0.05, 0.1) is 17.4 Å². The molecule has 0 saturated carbocycles. The van der Waals surface area contributed by atoms with E-state index in [2.05, 4.69) is 50.6 Å². The molecule has 1 aromatic heterocycles. The van der Waals surface area contributed by atoms with Gasteiger partial charge in [-0.25, -0.2) is 4.98 Å². The SMILES string of the molecule is CN(C)C1CCn2c1nc1c2=NCC(Br)C=1. The number of halogens is 1. The van der Waals surface area contributed by atoms with E-state index < -0.39 is 0 Å². The van der Waals surface area contributed by atoms with Crippen LogP contribution in [0.2, 0.25) is 0 Å². The molecule has 0 aromatic carbocycles. The normalized spacial score (nSPS) is 27.2. The van der Waals surface area contributed by atoms with Crippen LogP contribution in [0.1, 0.15) is 18.3 Å². The van der Waals surface area contributed by atoms with Crippen molar-refractivity contribution in [3.05, 3.63) is 16.7 Å². The first-order valence-electron chi connectivity index (χ1n) is 5.60. The Kier molecular flexibility index (Phi) is 2.40.